The molecule has 2 aromatic rings. The van der Waals surface area contributed by atoms with E-state index >= 15 is 0 Å². The molecule has 1 saturated heterocycles. The Morgan fingerprint density at radius 2 is 1.71 bits per heavy atom. The fourth-order valence-corrected chi connectivity index (χ4v) is 3.85. The average Bonchev–Trinajstić information content (AvgIpc) is 3.07. The van der Waals surface area contributed by atoms with Gasteiger partial charge in [0, 0.05) is 30.3 Å². The Morgan fingerprint density at radius 3 is 2.39 bits per heavy atom. The third-order valence-electron chi connectivity index (χ3n) is 5.39. The Balaban J connectivity index is 1.42. The van der Waals surface area contributed by atoms with Crippen LogP contribution in [0.4, 0.5) is 11.4 Å². The Labute approximate surface area is 188 Å². The molecule has 2 N–H and O–H groups in total. The molecule has 7 heteroatoms. The number of nitrogens with zero attached hydrogens (tertiary/aromatic N) is 2. The highest BCUT2D eigenvalue weighted by molar-refractivity contribution is 6.40. The standard InChI is InChI=1S/C24H27ClN4O2/c25-20-10-9-19(17-26)22(16-20)28-24(31)23(30)27-13-5-6-18-7-11-21(12-8-18)29-14-3-1-2-4-15-29/h7-12,16H,1-6,13-15H2,(H,27,30)(H,28,31). The van der Waals surface area contributed by atoms with Crippen molar-refractivity contribution in [3.8, 4) is 6.07 Å². The second-order valence-corrected chi connectivity index (χ2v) is 8.12. The van der Waals surface area contributed by atoms with Gasteiger partial charge in [0.25, 0.3) is 0 Å². The molecule has 1 heterocycles. The van der Waals surface area contributed by atoms with Crippen molar-refractivity contribution in [2.75, 3.05) is 29.9 Å². The topological polar surface area (TPSA) is 85.2 Å². The summed E-state index contributed by atoms with van der Waals surface area (Å²) in [5.74, 6) is -1.55. The SMILES string of the molecule is N#Cc1ccc(Cl)cc1NC(=O)C(=O)NCCCc1ccc(N2CCCCCC2)cc1. The molecule has 0 aliphatic carbocycles. The zero-order valence-corrected chi connectivity index (χ0v) is 18.3. The molecule has 2 aromatic carbocycles. The normalized spacial score (nSPS) is 13.7. The lowest BCUT2D eigenvalue weighted by molar-refractivity contribution is -0.136. The van der Waals surface area contributed by atoms with E-state index in [-0.39, 0.29) is 11.3 Å². The van der Waals surface area contributed by atoms with Gasteiger partial charge in [-0.15, -0.1) is 0 Å². The maximum Gasteiger partial charge on any atom is 0.313 e. The van der Waals surface area contributed by atoms with Gasteiger partial charge in [0.05, 0.1) is 11.3 Å². The number of hydrogen-bond donors (Lipinski definition) is 2. The third-order valence-corrected chi connectivity index (χ3v) is 5.63. The summed E-state index contributed by atoms with van der Waals surface area (Å²) in [6.45, 7) is 2.64. The molecule has 0 aromatic heterocycles. The first kappa shape index (κ1) is 22.6. The number of hydrogen-bond acceptors (Lipinski definition) is 4. The highest BCUT2D eigenvalue weighted by Gasteiger charge is 2.15. The van der Waals surface area contributed by atoms with Crippen LogP contribution in [-0.2, 0) is 16.0 Å². The summed E-state index contributed by atoms with van der Waals surface area (Å²) in [7, 11) is 0. The maximum atomic E-state index is 12.1. The van der Waals surface area contributed by atoms with Gasteiger partial charge in [0.2, 0.25) is 0 Å². The van der Waals surface area contributed by atoms with Gasteiger partial charge in [-0.25, -0.2) is 0 Å². The quantitative estimate of drug-likeness (QED) is 0.520. The van der Waals surface area contributed by atoms with E-state index in [1.54, 1.807) is 6.07 Å². The van der Waals surface area contributed by atoms with E-state index in [1.807, 2.05) is 6.07 Å². The van der Waals surface area contributed by atoms with E-state index in [0.717, 1.165) is 25.9 Å². The predicted octanol–water partition coefficient (Wildman–Crippen LogP) is 4.28. The summed E-state index contributed by atoms with van der Waals surface area (Å²) >= 11 is 5.89. The van der Waals surface area contributed by atoms with Crippen LogP contribution in [0.3, 0.4) is 0 Å². The van der Waals surface area contributed by atoms with Crippen LogP contribution in [0.1, 0.15) is 43.2 Å². The van der Waals surface area contributed by atoms with Crippen molar-refractivity contribution in [2.45, 2.75) is 38.5 Å². The molecule has 31 heavy (non-hydrogen) atoms. The Kier molecular flexibility index (Phi) is 8.31. The molecule has 3 rings (SSSR count). The van der Waals surface area contributed by atoms with Crippen LogP contribution in [-0.4, -0.2) is 31.4 Å². The zero-order chi connectivity index (χ0) is 22.1. The number of nitrogens with one attached hydrogen (secondary N) is 2. The van der Waals surface area contributed by atoms with Crippen molar-refractivity contribution in [3.63, 3.8) is 0 Å². The van der Waals surface area contributed by atoms with Gasteiger partial charge < -0.3 is 15.5 Å². The molecule has 1 fully saturated rings. The van der Waals surface area contributed by atoms with Gasteiger partial charge in [-0.05, 0) is 61.6 Å². The van der Waals surface area contributed by atoms with E-state index in [9.17, 15) is 9.59 Å². The average molecular weight is 439 g/mol. The van der Waals surface area contributed by atoms with Gasteiger partial charge in [-0.2, -0.15) is 5.26 Å². The van der Waals surface area contributed by atoms with Crippen LogP contribution in [0.2, 0.25) is 5.02 Å². The lowest BCUT2D eigenvalue weighted by Crippen LogP contribution is -2.36. The van der Waals surface area contributed by atoms with Crippen LogP contribution >= 0.6 is 11.6 Å². The molecule has 2 amide bonds. The zero-order valence-electron chi connectivity index (χ0n) is 17.5. The van der Waals surface area contributed by atoms with Crippen molar-refractivity contribution >= 4 is 34.8 Å². The van der Waals surface area contributed by atoms with Crippen molar-refractivity contribution in [1.29, 1.82) is 5.26 Å². The Hall–Kier alpha value is -3.04. The van der Waals surface area contributed by atoms with E-state index in [1.165, 1.54) is 49.1 Å². The predicted molar refractivity (Wildman–Crippen MR) is 123 cm³/mol. The lowest BCUT2D eigenvalue weighted by Gasteiger charge is -2.22. The van der Waals surface area contributed by atoms with E-state index in [4.69, 9.17) is 16.9 Å². The number of carbonyl (C=O) groups is 2. The lowest BCUT2D eigenvalue weighted by atomic mass is 10.1. The largest absolute Gasteiger partial charge is 0.372 e. The summed E-state index contributed by atoms with van der Waals surface area (Å²) in [6, 6.07) is 15.1. The van der Waals surface area contributed by atoms with Crippen LogP contribution in [0, 0.1) is 11.3 Å². The highest BCUT2D eigenvalue weighted by Crippen LogP contribution is 2.21. The van der Waals surface area contributed by atoms with Crippen molar-refractivity contribution in [3.05, 3.63) is 58.6 Å². The molecule has 1 aliphatic heterocycles. The van der Waals surface area contributed by atoms with E-state index in [2.05, 4.69) is 39.8 Å². The second-order valence-electron chi connectivity index (χ2n) is 7.68. The van der Waals surface area contributed by atoms with Gasteiger partial charge in [-0.3, -0.25) is 9.59 Å². The van der Waals surface area contributed by atoms with Crippen LogP contribution in [0.25, 0.3) is 0 Å². The molecule has 0 bridgehead atoms. The van der Waals surface area contributed by atoms with Crippen LogP contribution in [0.15, 0.2) is 42.5 Å². The molecule has 0 unspecified atom stereocenters. The molecular formula is C24H27ClN4O2. The van der Waals surface area contributed by atoms with Crippen LogP contribution < -0.4 is 15.5 Å². The summed E-state index contributed by atoms with van der Waals surface area (Å²) in [4.78, 5) is 26.6. The number of carbonyl (C=O) groups excluding carboxylic acids is 2. The van der Waals surface area contributed by atoms with Gasteiger partial charge in [0.15, 0.2) is 0 Å². The number of aryl methyl sites for hydroxylation is 1. The molecule has 0 spiro atoms. The van der Waals surface area contributed by atoms with Crippen molar-refractivity contribution < 1.29 is 9.59 Å². The smallest absolute Gasteiger partial charge is 0.313 e. The Morgan fingerprint density at radius 1 is 1.00 bits per heavy atom. The number of amides is 2. The number of halogens is 1. The molecule has 6 nitrogen and oxygen atoms in total. The minimum atomic E-state index is -0.819. The minimum absolute atomic E-state index is 0.222. The van der Waals surface area contributed by atoms with Crippen molar-refractivity contribution in [2.24, 2.45) is 0 Å². The first-order chi connectivity index (χ1) is 15.1. The molecular weight excluding hydrogens is 412 g/mol. The number of nitriles is 1. The second kappa shape index (κ2) is 11.4. The highest BCUT2D eigenvalue weighted by atomic mass is 35.5. The molecule has 0 atom stereocenters. The summed E-state index contributed by atoms with van der Waals surface area (Å²) in [5.41, 5.74) is 2.94. The summed E-state index contributed by atoms with van der Waals surface area (Å²) in [5, 5.41) is 14.5. The van der Waals surface area contributed by atoms with Gasteiger partial charge >= 0.3 is 11.8 Å². The monoisotopic (exact) mass is 438 g/mol. The number of benzene rings is 2. The number of rotatable bonds is 6. The molecule has 162 valence electrons. The van der Waals surface area contributed by atoms with Crippen molar-refractivity contribution in [1.82, 2.24) is 5.32 Å². The maximum absolute atomic E-state index is 12.1. The summed E-state index contributed by atoms with van der Waals surface area (Å²) in [6.07, 6.45) is 6.68. The van der Waals surface area contributed by atoms with E-state index < -0.39 is 11.8 Å². The first-order valence-corrected chi connectivity index (χ1v) is 11.1. The number of anilines is 2. The van der Waals surface area contributed by atoms with Gasteiger partial charge in [-0.1, -0.05) is 36.6 Å². The summed E-state index contributed by atoms with van der Waals surface area (Å²) < 4.78 is 0. The fraction of sp³-hybridized carbons (Fsp3) is 0.375. The first-order valence-electron chi connectivity index (χ1n) is 10.7. The minimum Gasteiger partial charge on any atom is -0.372 e. The molecule has 0 radical (unpaired) electrons. The molecule has 1 aliphatic rings. The van der Waals surface area contributed by atoms with Gasteiger partial charge in [0.1, 0.15) is 6.07 Å². The fourth-order valence-electron chi connectivity index (χ4n) is 3.67. The third kappa shape index (κ3) is 6.73. The van der Waals surface area contributed by atoms with E-state index in [0.29, 0.717) is 11.6 Å². The molecule has 0 saturated carbocycles. The van der Waals surface area contributed by atoms with Crippen LogP contribution in [0.5, 0.6) is 0 Å². The Bertz CT molecular complexity index is 945.